The molecule has 0 amide bonds. The van der Waals surface area contributed by atoms with Gasteiger partial charge in [-0.1, -0.05) is 30.3 Å². The molecule has 1 aromatic heterocycles. The van der Waals surface area contributed by atoms with E-state index in [1.807, 2.05) is 0 Å². The lowest BCUT2D eigenvalue weighted by atomic mass is 10.1. The molecule has 132 valence electrons. The van der Waals surface area contributed by atoms with Crippen molar-refractivity contribution in [3.8, 4) is 5.75 Å². The van der Waals surface area contributed by atoms with Crippen LogP contribution in [0.5, 0.6) is 5.75 Å². The van der Waals surface area contributed by atoms with Gasteiger partial charge in [0.15, 0.2) is 0 Å². The molecule has 3 rings (SSSR count). The van der Waals surface area contributed by atoms with Gasteiger partial charge in [-0.25, -0.2) is 24.6 Å². The van der Waals surface area contributed by atoms with Gasteiger partial charge in [0, 0.05) is 5.56 Å². The Hall–Kier alpha value is -3.88. The largest absolute Gasteiger partial charge is 0.489 e. The van der Waals surface area contributed by atoms with Crippen LogP contribution in [0.1, 0.15) is 21.5 Å². The SMILES string of the molecule is O=C(O)c1ccccc1COc1cccc(/C=N/n2c(=O)[nH][nH]c2=O)c1. The molecule has 3 N–H and O–H groups in total. The number of carboxylic acid groups (broad SMARTS) is 1. The lowest BCUT2D eigenvalue weighted by Crippen LogP contribution is -2.22. The van der Waals surface area contributed by atoms with Crippen molar-refractivity contribution in [3.63, 3.8) is 0 Å². The molecule has 0 saturated heterocycles. The zero-order valence-electron chi connectivity index (χ0n) is 13.4. The number of rotatable bonds is 6. The summed E-state index contributed by atoms with van der Waals surface area (Å²) in [7, 11) is 0. The van der Waals surface area contributed by atoms with Crippen molar-refractivity contribution in [1.82, 2.24) is 14.9 Å². The van der Waals surface area contributed by atoms with E-state index in [4.69, 9.17) is 4.74 Å². The van der Waals surface area contributed by atoms with Gasteiger partial charge < -0.3 is 9.84 Å². The molecule has 0 unspecified atom stereocenters. The predicted molar refractivity (Wildman–Crippen MR) is 92.8 cm³/mol. The maximum Gasteiger partial charge on any atom is 0.365 e. The Morgan fingerprint density at radius 3 is 2.58 bits per heavy atom. The van der Waals surface area contributed by atoms with E-state index >= 15 is 0 Å². The molecule has 26 heavy (non-hydrogen) atoms. The highest BCUT2D eigenvalue weighted by Crippen LogP contribution is 2.16. The van der Waals surface area contributed by atoms with Gasteiger partial charge in [-0.05, 0) is 23.8 Å². The van der Waals surface area contributed by atoms with Crippen LogP contribution in [-0.4, -0.2) is 32.2 Å². The zero-order valence-corrected chi connectivity index (χ0v) is 13.4. The van der Waals surface area contributed by atoms with E-state index < -0.39 is 17.3 Å². The fourth-order valence-electron chi connectivity index (χ4n) is 2.23. The van der Waals surface area contributed by atoms with E-state index in [0.29, 0.717) is 21.6 Å². The minimum Gasteiger partial charge on any atom is -0.489 e. The van der Waals surface area contributed by atoms with Crippen LogP contribution in [0.15, 0.2) is 63.2 Å². The van der Waals surface area contributed by atoms with E-state index in [1.54, 1.807) is 42.5 Å². The number of carbonyl (C=O) groups is 1. The number of ether oxygens (including phenoxy) is 1. The second kappa shape index (κ2) is 7.34. The van der Waals surface area contributed by atoms with E-state index in [0.717, 1.165) is 0 Å². The third-order valence-corrected chi connectivity index (χ3v) is 3.48. The van der Waals surface area contributed by atoms with Crippen molar-refractivity contribution in [1.29, 1.82) is 0 Å². The Labute approximate surface area is 146 Å². The highest BCUT2D eigenvalue weighted by Gasteiger charge is 2.09. The normalized spacial score (nSPS) is 10.9. The Balaban J connectivity index is 1.75. The average Bonchev–Trinajstić information content (AvgIpc) is 2.96. The number of benzene rings is 2. The van der Waals surface area contributed by atoms with Crippen LogP contribution in [0.25, 0.3) is 0 Å². The first-order chi connectivity index (χ1) is 12.5. The molecule has 3 aromatic rings. The lowest BCUT2D eigenvalue weighted by molar-refractivity contribution is 0.0694. The minimum atomic E-state index is -1.02. The van der Waals surface area contributed by atoms with Crippen LogP contribution in [0, 0.1) is 0 Å². The highest BCUT2D eigenvalue weighted by molar-refractivity contribution is 5.89. The van der Waals surface area contributed by atoms with Gasteiger partial charge >= 0.3 is 17.3 Å². The van der Waals surface area contributed by atoms with E-state index in [-0.39, 0.29) is 12.2 Å². The van der Waals surface area contributed by atoms with Crippen LogP contribution in [-0.2, 0) is 6.61 Å². The summed E-state index contributed by atoms with van der Waals surface area (Å²) >= 11 is 0. The van der Waals surface area contributed by atoms with Crippen molar-refractivity contribution >= 4 is 12.2 Å². The zero-order chi connectivity index (χ0) is 18.5. The van der Waals surface area contributed by atoms with Gasteiger partial charge in [0.05, 0.1) is 11.8 Å². The fourth-order valence-corrected chi connectivity index (χ4v) is 2.23. The van der Waals surface area contributed by atoms with Crippen LogP contribution in [0.2, 0.25) is 0 Å². The molecule has 9 heteroatoms. The maximum atomic E-state index is 11.4. The Kier molecular flexibility index (Phi) is 4.79. The first-order valence-electron chi connectivity index (χ1n) is 7.53. The fraction of sp³-hybridized carbons (Fsp3) is 0.0588. The van der Waals surface area contributed by atoms with Gasteiger partial charge in [0.1, 0.15) is 12.4 Å². The van der Waals surface area contributed by atoms with Crippen molar-refractivity contribution < 1.29 is 14.6 Å². The molecule has 9 nitrogen and oxygen atoms in total. The van der Waals surface area contributed by atoms with Gasteiger partial charge in [-0.15, -0.1) is 4.68 Å². The second-order valence-corrected chi connectivity index (χ2v) is 5.24. The van der Waals surface area contributed by atoms with E-state index in [9.17, 15) is 19.5 Å². The van der Waals surface area contributed by atoms with Crippen LogP contribution < -0.4 is 16.1 Å². The molecule has 0 atom stereocenters. The Morgan fingerprint density at radius 1 is 1.12 bits per heavy atom. The highest BCUT2D eigenvalue weighted by atomic mass is 16.5. The second-order valence-electron chi connectivity index (χ2n) is 5.24. The molecule has 0 aliphatic carbocycles. The average molecular weight is 354 g/mol. The Morgan fingerprint density at radius 2 is 1.85 bits per heavy atom. The number of H-pyrrole nitrogens is 2. The van der Waals surface area contributed by atoms with Crippen molar-refractivity contribution in [2.24, 2.45) is 5.10 Å². The first kappa shape index (κ1) is 17.0. The van der Waals surface area contributed by atoms with Gasteiger partial charge in [0.2, 0.25) is 0 Å². The van der Waals surface area contributed by atoms with Crippen molar-refractivity contribution in [2.75, 3.05) is 0 Å². The summed E-state index contributed by atoms with van der Waals surface area (Å²) in [6.07, 6.45) is 1.34. The standard InChI is InChI=1S/C17H14N4O5/c22-15(23)14-7-2-1-5-12(14)10-26-13-6-3-4-11(8-13)9-18-21-16(24)19-20-17(21)25/h1-9H,10H2,(H,19,24)(H,20,25)(H,22,23)/b18-9+. The molecular formula is C17H14N4O5. The van der Waals surface area contributed by atoms with Crippen LogP contribution >= 0.6 is 0 Å². The molecule has 0 aliphatic heterocycles. The summed E-state index contributed by atoms with van der Waals surface area (Å²) in [4.78, 5) is 33.9. The molecule has 0 spiro atoms. The van der Waals surface area contributed by atoms with E-state index in [1.165, 1.54) is 12.3 Å². The molecule has 0 saturated carbocycles. The lowest BCUT2D eigenvalue weighted by Gasteiger charge is -2.09. The smallest absolute Gasteiger partial charge is 0.365 e. The quantitative estimate of drug-likeness (QED) is 0.569. The summed E-state index contributed by atoms with van der Waals surface area (Å²) in [5, 5.41) is 17.2. The number of nitrogens with one attached hydrogen (secondary N) is 2. The molecule has 1 heterocycles. The number of aromatic carboxylic acids is 1. The minimum absolute atomic E-state index is 0.0833. The summed E-state index contributed by atoms with van der Waals surface area (Å²) in [6, 6.07) is 13.4. The van der Waals surface area contributed by atoms with Crippen molar-refractivity contribution in [2.45, 2.75) is 6.61 Å². The van der Waals surface area contributed by atoms with Crippen LogP contribution in [0.4, 0.5) is 0 Å². The van der Waals surface area contributed by atoms with Gasteiger partial charge in [-0.2, -0.15) is 5.10 Å². The number of nitrogens with zero attached hydrogens (tertiary/aromatic N) is 2. The molecule has 2 aromatic carbocycles. The molecule has 0 radical (unpaired) electrons. The maximum absolute atomic E-state index is 11.4. The first-order valence-corrected chi connectivity index (χ1v) is 7.53. The Bertz CT molecular complexity index is 1050. The molecule has 0 aliphatic rings. The summed E-state index contributed by atoms with van der Waals surface area (Å²) in [5.74, 6) is -0.531. The third kappa shape index (κ3) is 3.78. The number of hydrogen-bond acceptors (Lipinski definition) is 5. The molecule has 0 fully saturated rings. The topological polar surface area (TPSA) is 130 Å². The predicted octanol–water partition coefficient (Wildman–Crippen LogP) is 1.02. The molecule has 0 bridgehead atoms. The monoisotopic (exact) mass is 354 g/mol. The molecular weight excluding hydrogens is 340 g/mol. The number of hydrogen-bond donors (Lipinski definition) is 3. The van der Waals surface area contributed by atoms with E-state index in [2.05, 4.69) is 15.3 Å². The summed E-state index contributed by atoms with van der Waals surface area (Å²) < 4.78 is 6.29. The van der Waals surface area contributed by atoms with Gasteiger partial charge in [0.25, 0.3) is 0 Å². The van der Waals surface area contributed by atoms with Gasteiger partial charge in [-0.3, -0.25) is 0 Å². The third-order valence-electron chi connectivity index (χ3n) is 3.48. The summed E-state index contributed by atoms with van der Waals surface area (Å²) in [5.41, 5.74) is -0.0323. The summed E-state index contributed by atoms with van der Waals surface area (Å²) in [6.45, 7) is 0.0833. The number of carboxylic acids is 1. The van der Waals surface area contributed by atoms with Crippen LogP contribution in [0.3, 0.4) is 0 Å². The number of aromatic amines is 2. The van der Waals surface area contributed by atoms with Crippen molar-refractivity contribution in [3.05, 3.63) is 86.2 Å². The number of aromatic nitrogens is 3.